The van der Waals surface area contributed by atoms with Crippen molar-refractivity contribution in [3.05, 3.63) is 41.5 Å². The lowest BCUT2D eigenvalue weighted by Gasteiger charge is -2.19. The molecule has 3 rings (SSSR count). The molecular weight excluding hydrogens is 254 g/mol. The first-order valence-corrected chi connectivity index (χ1v) is 7.04. The Hall–Kier alpha value is -1.88. The van der Waals surface area contributed by atoms with Gasteiger partial charge in [0.2, 0.25) is 5.89 Å². The quantitative estimate of drug-likeness (QED) is 0.927. The van der Waals surface area contributed by atoms with E-state index >= 15 is 0 Å². The third-order valence-electron chi connectivity index (χ3n) is 3.59. The van der Waals surface area contributed by atoms with E-state index in [-0.39, 0.29) is 6.04 Å². The summed E-state index contributed by atoms with van der Waals surface area (Å²) in [7, 11) is 1.67. The second kappa shape index (κ2) is 6.05. The lowest BCUT2D eigenvalue weighted by atomic mass is 10.1. The van der Waals surface area contributed by atoms with Crippen LogP contribution in [-0.2, 0) is 6.42 Å². The van der Waals surface area contributed by atoms with Gasteiger partial charge in [-0.1, -0.05) is 23.7 Å². The Morgan fingerprint density at radius 2 is 2.35 bits per heavy atom. The predicted molar refractivity (Wildman–Crippen MR) is 74.7 cm³/mol. The van der Waals surface area contributed by atoms with Gasteiger partial charge in [0.05, 0.1) is 13.2 Å². The predicted octanol–water partition coefficient (Wildman–Crippen LogP) is 2.48. The number of nitrogens with one attached hydrogen (secondary N) is 1. The Labute approximate surface area is 118 Å². The van der Waals surface area contributed by atoms with Crippen LogP contribution in [0.15, 0.2) is 28.8 Å². The summed E-state index contributed by atoms with van der Waals surface area (Å²) in [6.45, 7) is 1.03. The molecule has 0 amide bonds. The molecule has 0 bridgehead atoms. The Bertz CT molecular complexity index is 562. The monoisotopic (exact) mass is 273 g/mol. The van der Waals surface area contributed by atoms with E-state index in [0.29, 0.717) is 12.3 Å². The third-order valence-corrected chi connectivity index (χ3v) is 3.59. The zero-order valence-corrected chi connectivity index (χ0v) is 11.6. The first kappa shape index (κ1) is 13.1. The molecule has 1 aromatic heterocycles. The van der Waals surface area contributed by atoms with Crippen LogP contribution in [0.3, 0.4) is 0 Å². The number of methoxy groups -OCH3 is 1. The molecule has 106 valence electrons. The largest absolute Gasteiger partial charge is 0.497 e. The molecule has 5 heteroatoms. The molecule has 0 saturated carbocycles. The Morgan fingerprint density at radius 3 is 3.15 bits per heavy atom. The van der Waals surface area contributed by atoms with E-state index < -0.39 is 0 Å². The highest BCUT2D eigenvalue weighted by Gasteiger charge is 2.20. The average Bonchev–Trinajstić information content (AvgIpc) is 2.97. The highest BCUT2D eigenvalue weighted by atomic mass is 16.5. The van der Waals surface area contributed by atoms with E-state index in [2.05, 4.69) is 15.5 Å². The number of hydrogen-bond acceptors (Lipinski definition) is 5. The van der Waals surface area contributed by atoms with Gasteiger partial charge in [-0.25, -0.2) is 0 Å². The molecule has 1 fully saturated rings. The maximum absolute atomic E-state index is 5.38. The van der Waals surface area contributed by atoms with Crippen LogP contribution in [0.4, 0.5) is 0 Å². The van der Waals surface area contributed by atoms with Crippen molar-refractivity contribution in [1.82, 2.24) is 15.5 Å². The van der Waals surface area contributed by atoms with Gasteiger partial charge in [0.25, 0.3) is 0 Å². The topological polar surface area (TPSA) is 60.2 Å². The van der Waals surface area contributed by atoms with Crippen LogP contribution in [-0.4, -0.2) is 23.8 Å². The Kier molecular flexibility index (Phi) is 3.97. The summed E-state index contributed by atoms with van der Waals surface area (Å²) in [5, 5.41) is 7.49. The maximum Gasteiger partial charge on any atom is 0.243 e. The van der Waals surface area contributed by atoms with Gasteiger partial charge in [0.15, 0.2) is 5.82 Å². The number of hydrogen-bond donors (Lipinski definition) is 1. The molecule has 1 aliphatic rings. The van der Waals surface area contributed by atoms with Crippen LogP contribution in [0.5, 0.6) is 5.75 Å². The summed E-state index contributed by atoms with van der Waals surface area (Å²) < 4.78 is 10.6. The molecule has 0 radical (unpaired) electrons. The molecular formula is C15H19N3O2. The smallest absolute Gasteiger partial charge is 0.243 e. The van der Waals surface area contributed by atoms with E-state index in [1.165, 1.54) is 12.8 Å². The van der Waals surface area contributed by atoms with Crippen molar-refractivity contribution < 1.29 is 9.26 Å². The van der Waals surface area contributed by atoms with E-state index in [1.54, 1.807) is 7.11 Å². The fourth-order valence-corrected chi connectivity index (χ4v) is 2.51. The maximum atomic E-state index is 5.38. The fraction of sp³-hybridized carbons (Fsp3) is 0.467. The van der Waals surface area contributed by atoms with Gasteiger partial charge < -0.3 is 14.6 Å². The average molecular weight is 273 g/mol. The number of piperidine rings is 1. The van der Waals surface area contributed by atoms with Crippen molar-refractivity contribution in [1.29, 1.82) is 0 Å². The normalized spacial score (nSPS) is 18.9. The molecule has 0 aliphatic carbocycles. The third kappa shape index (κ3) is 2.99. The summed E-state index contributed by atoms with van der Waals surface area (Å²) in [6, 6.07) is 8.15. The highest BCUT2D eigenvalue weighted by Crippen LogP contribution is 2.22. The van der Waals surface area contributed by atoms with Gasteiger partial charge in [-0.05, 0) is 37.1 Å². The van der Waals surface area contributed by atoms with E-state index in [1.807, 2.05) is 24.3 Å². The second-order valence-electron chi connectivity index (χ2n) is 5.08. The minimum atomic E-state index is 0.218. The van der Waals surface area contributed by atoms with Crippen molar-refractivity contribution in [3.8, 4) is 5.75 Å². The van der Waals surface area contributed by atoms with Crippen molar-refractivity contribution in [2.24, 2.45) is 0 Å². The second-order valence-corrected chi connectivity index (χ2v) is 5.08. The lowest BCUT2D eigenvalue weighted by Crippen LogP contribution is -2.27. The van der Waals surface area contributed by atoms with Crippen LogP contribution in [0.1, 0.15) is 42.6 Å². The minimum absolute atomic E-state index is 0.218. The molecule has 2 heterocycles. The van der Waals surface area contributed by atoms with E-state index in [4.69, 9.17) is 9.26 Å². The molecule has 0 unspecified atom stereocenters. The fourth-order valence-electron chi connectivity index (χ4n) is 2.51. The van der Waals surface area contributed by atoms with Crippen LogP contribution in [0.2, 0.25) is 0 Å². The van der Waals surface area contributed by atoms with Crippen molar-refractivity contribution in [3.63, 3.8) is 0 Å². The first-order chi connectivity index (χ1) is 9.85. The molecule has 1 aliphatic heterocycles. The standard InChI is InChI=1S/C15H19N3O2/c1-19-12-6-4-5-11(9-12)10-14-17-15(20-18-14)13-7-2-3-8-16-13/h4-6,9,13,16H,2-3,7-8,10H2,1H3/t13-/m1/s1. The minimum Gasteiger partial charge on any atom is -0.497 e. The van der Waals surface area contributed by atoms with Gasteiger partial charge in [0.1, 0.15) is 5.75 Å². The highest BCUT2D eigenvalue weighted by molar-refractivity contribution is 5.30. The van der Waals surface area contributed by atoms with Crippen molar-refractivity contribution >= 4 is 0 Å². The zero-order valence-electron chi connectivity index (χ0n) is 11.6. The van der Waals surface area contributed by atoms with Crippen molar-refractivity contribution in [2.75, 3.05) is 13.7 Å². The first-order valence-electron chi connectivity index (χ1n) is 7.04. The summed E-state index contributed by atoms with van der Waals surface area (Å²) in [5.74, 6) is 2.28. The van der Waals surface area contributed by atoms with Gasteiger partial charge in [-0.15, -0.1) is 0 Å². The number of aromatic nitrogens is 2. The van der Waals surface area contributed by atoms with Gasteiger partial charge in [0, 0.05) is 6.42 Å². The lowest BCUT2D eigenvalue weighted by molar-refractivity contribution is 0.296. The molecule has 1 aromatic carbocycles. The summed E-state index contributed by atoms with van der Waals surface area (Å²) >= 11 is 0. The summed E-state index contributed by atoms with van der Waals surface area (Å²) in [6.07, 6.45) is 4.17. The van der Waals surface area contributed by atoms with Crippen LogP contribution in [0.25, 0.3) is 0 Å². The molecule has 1 atom stereocenters. The van der Waals surface area contributed by atoms with Crippen LogP contribution < -0.4 is 10.1 Å². The van der Waals surface area contributed by atoms with Gasteiger partial charge in [-0.2, -0.15) is 4.98 Å². The van der Waals surface area contributed by atoms with Gasteiger partial charge in [-0.3, -0.25) is 0 Å². The van der Waals surface area contributed by atoms with E-state index in [9.17, 15) is 0 Å². The molecule has 2 aromatic rings. The van der Waals surface area contributed by atoms with E-state index in [0.717, 1.165) is 30.1 Å². The Balaban J connectivity index is 1.70. The number of benzene rings is 1. The number of rotatable bonds is 4. The summed E-state index contributed by atoms with van der Waals surface area (Å²) in [4.78, 5) is 4.50. The molecule has 5 nitrogen and oxygen atoms in total. The van der Waals surface area contributed by atoms with Gasteiger partial charge >= 0.3 is 0 Å². The zero-order chi connectivity index (χ0) is 13.8. The Morgan fingerprint density at radius 1 is 1.40 bits per heavy atom. The molecule has 20 heavy (non-hydrogen) atoms. The van der Waals surface area contributed by atoms with Crippen LogP contribution in [0, 0.1) is 0 Å². The van der Waals surface area contributed by atoms with Crippen LogP contribution >= 0.6 is 0 Å². The SMILES string of the molecule is COc1cccc(Cc2noc([C@H]3CCCCN3)n2)c1. The molecule has 1 N–H and O–H groups in total. The van der Waals surface area contributed by atoms with Crippen molar-refractivity contribution in [2.45, 2.75) is 31.7 Å². The number of ether oxygens (including phenoxy) is 1. The number of nitrogens with zero attached hydrogens (tertiary/aromatic N) is 2. The summed E-state index contributed by atoms with van der Waals surface area (Å²) in [5.41, 5.74) is 1.12. The molecule has 0 spiro atoms. The molecule has 1 saturated heterocycles.